The van der Waals surface area contributed by atoms with Gasteiger partial charge in [-0.05, 0) is 24.3 Å². The molecular formula is C13H11N3O2. The van der Waals surface area contributed by atoms with E-state index in [1.165, 1.54) is 0 Å². The van der Waals surface area contributed by atoms with E-state index in [4.69, 9.17) is 14.9 Å². The van der Waals surface area contributed by atoms with Gasteiger partial charge >= 0.3 is 0 Å². The van der Waals surface area contributed by atoms with Crippen molar-refractivity contribution in [2.45, 2.75) is 0 Å². The third kappa shape index (κ3) is 1.66. The van der Waals surface area contributed by atoms with Gasteiger partial charge in [0.2, 0.25) is 5.89 Å². The number of benzene rings is 1. The van der Waals surface area contributed by atoms with Gasteiger partial charge in [0.15, 0.2) is 11.2 Å². The van der Waals surface area contributed by atoms with E-state index in [-0.39, 0.29) is 0 Å². The fourth-order valence-electron chi connectivity index (χ4n) is 1.77. The van der Waals surface area contributed by atoms with Crippen LogP contribution in [0.5, 0.6) is 5.75 Å². The van der Waals surface area contributed by atoms with E-state index < -0.39 is 0 Å². The molecule has 0 spiro atoms. The summed E-state index contributed by atoms with van der Waals surface area (Å²) in [7, 11) is 1.58. The van der Waals surface area contributed by atoms with Crippen LogP contribution in [0, 0.1) is 0 Å². The Hall–Kier alpha value is -2.56. The lowest BCUT2D eigenvalue weighted by Crippen LogP contribution is -1.91. The average molecular weight is 241 g/mol. The number of hydrogen-bond acceptors (Lipinski definition) is 5. The van der Waals surface area contributed by atoms with Crippen LogP contribution >= 0.6 is 0 Å². The number of fused-ring (bicyclic) bond motifs is 1. The first-order chi connectivity index (χ1) is 8.78. The van der Waals surface area contributed by atoms with Crippen molar-refractivity contribution in [3.63, 3.8) is 0 Å². The van der Waals surface area contributed by atoms with Crippen LogP contribution in [0.4, 0.5) is 5.69 Å². The van der Waals surface area contributed by atoms with E-state index in [1.54, 1.807) is 31.5 Å². The van der Waals surface area contributed by atoms with Crippen LogP contribution in [-0.4, -0.2) is 17.1 Å². The maximum Gasteiger partial charge on any atom is 0.232 e. The minimum atomic E-state index is 0.473. The molecule has 2 aromatic heterocycles. The molecule has 0 aliphatic heterocycles. The van der Waals surface area contributed by atoms with Crippen LogP contribution in [-0.2, 0) is 0 Å². The van der Waals surface area contributed by atoms with Crippen molar-refractivity contribution in [1.29, 1.82) is 0 Å². The monoisotopic (exact) mass is 241 g/mol. The zero-order valence-corrected chi connectivity index (χ0v) is 9.75. The van der Waals surface area contributed by atoms with Crippen LogP contribution in [0.2, 0.25) is 0 Å². The van der Waals surface area contributed by atoms with Gasteiger partial charge in [0.25, 0.3) is 0 Å². The number of hydrogen-bond donors (Lipinski definition) is 1. The molecule has 1 aromatic carbocycles. The second-order valence-electron chi connectivity index (χ2n) is 3.80. The molecule has 3 aromatic rings. The quantitative estimate of drug-likeness (QED) is 0.697. The molecule has 2 heterocycles. The van der Waals surface area contributed by atoms with Crippen LogP contribution in [0.3, 0.4) is 0 Å². The van der Waals surface area contributed by atoms with Crippen LogP contribution < -0.4 is 10.5 Å². The topological polar surface area (TPSA) is 74.2 Å². The SMILES string of the molecule is COc1cc(N)ccc1-c1nc2ncccc2o1. The molecule has 0 unspecified atom stereocenters. The summed E-state index contributed by atoms with van der Waals surface area (Å²) >= 11 is 0. The van der Waals surface area contributed by atoms with E-state index in [9.17, 15) is 0 Å². The maximum absolute atomic E-state index is 5.71. The Morgan fingerprint density at radius 1 is 1.28 bits per heavy atom. The summed E-state index contributed by atoms with van der Waals surface area (Å²) in [6, 6.07) is 8.96. The van der Waals surface area contributed by atoms with Crippen molar-refractivity contribution in [3.05, 3.63) is 36.5 Å². The van der Waals surface area contributed by atoms with Gasteiger partial charge in [0, 0.05) is 18.0 Å². The van der Waals surface area contributed by atoms with Gasteiger partial charge in [-0.3, -0.25) is 0 Å². The fraction of sp³-hybridized carbons (Fsp3) is 0.0769. The summed E-state index contributed by atoms with van der Waals surface area (Å²) in [5.74, 6) is 1.10. The van der Waals surface area contributed by atoms with Crippen molar-refractivity contribution in [2.75, 3.05) is 12.8 Å². The number of nitrogens with two attached hydrogens (primary N) is 1. The van der Waals surface area contributed by atoms with Gasteiger partial charge in [-0.1, -0.05) is 0 Å². The summed E-state index contributed by atoms with van der Waals surface area (Å²) < 4.78 is 10.9. The van der Waals surface area contributed by atoms with Crippen molar-refractivity contribution in [1.82, 2.24) is 9.97 Å². The number of pyridine rings is 1. The summed E-state index contributed by atoms with van der Waals surface area (Å²) in [5, 5.41) is 0. The van der Waals surface area contributed by atoms with E-state index in [1.807, 2.05) is 12.1 Å². The van der Waals surface area contributed by atoms with E-state index >= 15 is 0 Å². The molecule has 0 saturated heterocycles. The molecule has 0 bridgehead atoms. The first-order valence-electron chi connectivity index (χ1n) is 5.43. The highest BCUT2D eigenvalue weighted by molar-refractivity contribution is 5.75. The highest BCUT2D eigenvalue weighted by Gasteiger charge is 2.13. The maximum atomic E-state index is 5.71. The Morgan fingerprint density at radius 2 is 2.17 bits per heavy atom. The fourth-order valence-corrected chi connectivity index (χ4v) is 1.77. The zero-order valence-electron chi connectivity index (χ0n) is 9.75. The highest BCUT2D eigenvalue weighted by atomic mass is 16.5. The van der Waals surface area contributed by atoms with Gasteiger partial charge in [0.05, 0.1) is 12.7 Å². The summed E-state index contributed by atoms with van der Waals surface area (Å²) in [6.07, 6.45) is 1.68. The number of nitrogens with zero attached hydrogens (tertiary/aromatic N) is 2. The minimum absolute atomic E-state index is 0.473. The number of aromatic nitrogens is 2. The van der Waals surface area contributed by atoms with Crippen molar-refractivity contribution in [2.24, 2.45) is 0 Å². The first-order valence-corrected chi connectivity index (χ1v) is 5.43. The number of rotatable bonds is 2. The highest BCUT2D eigenvalue weighted by Crippen LogP contribution is 2.32. The van der Waals surface area contributed by atoms with E-state index in [2.05, 4.69) is 9.97 Å². The third-order valence-corrected chi connectivity index (χ3v) is 2.62. The van der Waals surface area contributed by atoms with Crippen molar-refractivity contribution >= 4 is 16.9 Å². The van der Waals surface area contributed by atoms with Gasteiger partial charge < -0.3 is 14.9 Å². The molecule has 5 nitrogen and oxygen atoms in total. The molecule has 90 valence electrons. The van der Waals surface area contributed by atoms with Gasteiger partial charge in [0.1, 0.15) is 5.75 Å². The molecule has 0 fully saturated rings. The molecule has 0 saturated carbocycles. The smallest absolute Gasteiger partial charge is 0.232 e. The molecule has 0 radical (unpaired) electrons. The summed E-state index contributed by atoms with van der Waals surface area (Å²) in [6.45, 7) is 0. The van der Waals surface area contributed by atoms with Crippen molar-refractivity contribution < 1.29 is 9.15 Å². The molecule has 0 aliphatic rings. The second-order valence-corrected chi connectivity index (χ2v) is 3.80. The molecule has 5 heteroatoms. The van der Waals surface area contributed by atoms with Gasteiger partial charge in [-0.25, -0.2) is 4.98 Å². The van der Waals surface area contributed by atoms with E-state index in [0.29, 0.717) is 28.6 Å². The Morgan fingerprint density at radius 3 is 2.94 bits per heavy atom. The standard InChI is InChI=1S/C13H11N3O2/c1-17-11-7-8(14)4-5-9(11)13-16-12-10(18-13)3-2-6-15-12/h2-7H,14H2,1H3. The molecule has 0 atom stereocenters. The second kappa shape index (κ2) is 4.03. The number of anilines is 1. The zero-order chi connectivity index (χ0) is 12.5. The number of oxazole rings is 1. The Kier molecular flexibility index (Phi) is 2.37. The molecular weight excluding hydrogens is 230 g/mol. The average Bonchev–Trinajstić information content (AvgIpc) is 2.82. The Balaban J connectivity index is 2.19. The third-order valence-electron chi connectivity index (χ3n) is 2.62. The molecule has 3 rings (SSSR count). The van der Waals surface area contributed by atoms with Gasteiger partial charge in [-0.2, -0.15) is 4.98 Å². The lowest BCUT2D eigenvalue weighted by molar-refractivity contribution is 0.415. The lowest BCUT2D eigenvalue weighted by Gasteiger charge is -2.05. The molecule has 2 N–H and O–H groups in total. The summed E-state index contributed by atoms with van der Waals surface area (Å²) in [5.41, 5.74) is 8.32. The van der Waals surface area contributed by atoms with Crippen LogP contribution in [0.15, 0.2) is 40.9 Å². The van der Waals surface area contributed by atoms with E-state index in [0.717, 1.165) is 5.56 Å². The number of ether oxygens (including phenoxy) is 1. The lowest BCUT2D eigenvalue weighted by atomic mass is 10.2. The van der Waals surface area contributed by atoms with Crippen molar-refractivity contribution in [3.8, 4) is 17.2 Å². The number of nitrogen functional groups attached to an aromatic ring is 1. The largest absolute Gasteiger partial charge is 0.496 e. The Labute approximate surface area is 103 Å². The predicted octanol–water partition coefficient (Wildman–Crippen LogP) is 2.48. The normalized spacial score (nSPS) is 10.7. The predicted molar refractivity (Wildman–Crippen MR) is 68.2 cm³/mol. The van der Waals surface area contributed by atoms with Gasteiger partial charge in [-0.15, -0.1) is 0 Å². The minimum Gasteiger partial charge on any atom is -0.496 e. The molecule has 18 heavy (non-hydrogen) atoms. The number of methoxy groups -OCH3 is 1. The molecule has 0 aliphatic carbocycles. The first kappa shape index (κ1) is 10.6. The molecule has 0 amide bonds. The van der Waals surface area contributed by atoms with Crippen LogP contribution in [0.1, 0.15) is 0 Å². The Bertz CT molecular complexity index is 673. The van der Waals surface area contributed by atoms with Crippen LogP contribution in [0.25, 0.3) is 22.7 Å². The summed E-state index contributed by atoms with van der Waals surface area (Å²) in [4.78, 5) is 8.45.